The molecule has 3 aliphatic rings. The highest BCUT2D eigenvalue weighted by atomic mass is 16.8. The lowest BCUT2D eigenvalue weighted by Gasteiger charge is -2.27. The third kappa shape index (κ3) is 2.21. The van der Waals surface area contributed by atoms with Gasteiger partial charge in [-0.05, 0) is 25.5 Å². The van der Waals surface area contributed by atoms with Gasteiger partial charge in [0.05, 0.1) is 6.61 Å². The number of ether oxygens (including phenoxy) is 4. The second-order valence-corrected chi connectivity index (χ2v) is 6.56. The molecule has 2 N–H and O–H groups in total. The van der Waals surface area contributed by atoms with Crippen molar-refractivity contribution in [1.82, 2.24) is 0 Å². The van der Waals surface area contributed by atoms with Gasteiger partial charge in [-0.3, -0.25) is 0 Å². The first-order chi connectivity index (χ1) is 10.9. The maximum Gasteiger partial charge on any atom is 0.191 e. The van der Waals surface area contributed by atoms with Crippen molar-refractivity contribution in [3.63, 3.8) is 0 Å². The Labute approximate surface area is 134 Å². The lowest BCUT2D eigenvalue weighted by atomic mass is 9.89. The van der Waals surface area contributed by atoms with Gasteiger partial charge in [0.15, 0.2) is 29.9 Å². The summed E-state index contributed by atoms with van der Waals surface area (Å²) >= 11 is 0. The summed E-state index contributed by atoms with van der Waals surface area (Å²) in [5, 5.41) is 20.9. The predicted molar refractivity (Wildman–Crippen MR) is 80.0 cm³/mol. The molecule has 1 aromatic carbocycles. The zero-order valence-corrected chi connectivity index (χ0v) is 13.0. The van der Waals surface area contributed by atoms with Crippen molar-refractivity contribution in [3.05, 3.63) is 41.7 Å². The van der Waals surface area contributed by atoms with Crippen LogP contribution in [-0.2, 0) is 18.9 Å². The van der Waals surface area contributed by atoms with Gasteiger partial charge in [0, 0.05) is 0 Å². The third-order valence-electron chi connectivity index (χ3n) is 4.49. The van der Waals surface area contributed by atoms with Gasteiger partial charge >= 0.3 is 0 Å². The van der Waals surface area contributed by atoms with Crippen molar-refractivity contribution in [3.8, 4) is 0 Å². The van der Waals surface area contributed by atoms with Crippen molar-refractivity contribution in [1.29, 1.82) is 0 Å². The first kappa shape index (κ1) is 15.1. The Balaban J connectivity index is 1.74. The molecule has 6 nitrogen and oxygen atoms in total. The van der Waals surface area contributed by atoms with E-state index in [9.17, 15) is 10.2 Å². The molecule has 124 valence electrons. The molecule has 0 amide bonds. The molecule has 3 fully saturated rings. The van der Waals surface area contributed by atoms with E-state index < -0.39 is 36.0 Å². The Bertz CT molecular complexity index is 627. The third-order valence-corrected chi connectivity index (χ3v) is 4.49. The molecule has 23 heavy (non-hydrogen) atoms. The lowest BCUT2D eigenvalue weighted by Crippen LogP contribution is -2.49. The number of hydrogen-bond acceptors (Lipinski definition) is 6. The van der Waals surface area contributed by atoms with E-state index in [2.05, 4.69) is 0 Å². The number of fused-ring (bicyclic) bond motifs is 3. The maximum atomic E-state index is 11.3. The minimum absolute atomic E-state index is 0.262. The molecule has 0 aromatic heterocycles. The van der Waals surface area contributed by atoms with Crippen molar-refractivity contribution in [2.24, 2.45) is 0 Å². The van der Waals surface area contributed by atoms with Crippen molar-refractivity contribution in [2.75, 3.05) is 6.61 Å². The molecule has 0 unspecified atom stereocenters. The average molecular weight is 320 g/mol. The molecule has 0 bridgehead atoms. The second-order valence-electron chi connectivity index (χ2n) is 6.56. The van der Waals surface area contributed by atoms with E-state index in [0.717, 1.165) is 5.56 Å². The highest BCUT2D eigenvalue weighted by Crippen LogP contribution is 2.52. The lowest BCUT2D eigenvalue weighted by molar-refractivity contribution is -0.224. The Kier molecular flexibility index (Phi) is 3.30. The second kappa shape index (κ2) is 5.03. The van der Waals surface area contributed by atoms with Crippen LogP contribution in [0.4, 0.5) is 0 Å². The predicted octanol–water partition coefficient (Wildman–Crippen LogP) is 1.03. The van der Waals surface area contributed by atoms with Crippen LogP contribution in [-0.4, -0.2) is 52.8 Å². The smallest absolute Gasteiger partial charge is 0.191 e. The van der Waals surface area contributed by atoms with E-state index in [-0.39, 0.29) is 6.61 Å². The largest absolute Gasteiger partial charge is 0.486 e. The van der Waals surface area contributed by atoms with Gasteiger partial charge in [0.1, 0.15) is 11.9 Å². The van der Waals surface area contributed by atoms with E-state index in [1.54, 1.807) is 19.9 Å². The number of aliphatic hydroxyl groups excluding tert-OH is 1. The molecule has 0 saturated carbocycles. The van der Waals surface area contributed by atoms with E-state index in [1.807, 2.05) is 30.3 Å². The van der Waals surface area contributed by atoms with Gasteiger partial charge in [0.25, 0.3) is 0 Å². The van der Waals surface area contributed by atoms with Gasteiger partial charge in [0.2, 0.25) is 0 Å². The molecule has 0 aliphatic carbocycles. The molecule has 5 atom stereocenters. The van der Waals surface area contributed by atoms with Crippen LogP contribution in [0.25, 0.3) is 6.08 Å². The molecule has 3 heterocycles. The molecule has 3 aliphatic heterocycles. The minimum Gasteiger partial charge on any atom is -0.486 e. The highest BCUT2D eigenvalue weighted by molar-refractivity contribution is 5.55. The summed E-state index contributed by atoms with van der Waals surface area (Å²) < 4.78 is 23.1. The highest BCUT2D eigenvalue weighted by Gasteiger charge is 2.70. The fraction of sp³-hybridized carbons (Fsp3) is 0.529. The fourth-order valence-corrected chi connectivity index (χ4v) is 3.49. The van der Waals surface area contributed by atoms with Crippen LogP contribution in [0, 0.1) is 0 Å². The Hall–Kier alpha value is -1.44. The standard InChI is InChI=1S/C17H20O6/c1-16(2)22-14-15(23-16)21-13-11(9-18)20-12(17(13,14)19)8-10-6-4-3-5-7-10/h3-8,11,13-15,18-19H,9H2,1-2H3/b12-8+/t11-,13-,14+,15-,17-/m1/s1. The molecule has 0 radical (unpaired) electrons. The van der Waals surface area contributed by atoms with Gasteiger partial charge < -0.3 is 29.2 Å². The molecular formula is C17H20O6. The van der Waals surface area contributed by atoms with Crippen LogP contribution in [0.5, 0.6) is 0 Å². The quantitative estimate of drug-likeness (QED) is 0.847. The normalized spacial score (nSPS) is 42.5. The Morgan fingerprint density at radius 2 is 1.87 bits per heavy atom. The van der Waals surface area contributed by atoms with Gasteiger partial charge in [-0.1, -0.05) is 30.3 Å². The number of aliphatic hydroxyl groups is 2. The van der Waals surface area contributed by atoms with E-state index in [1.165, 1.54) is 0 Å². The topological polar surface area (TPSA) is 77.4 Å². The summed E-state index contributed by atoms with van der Waals surface area (Å²) in [6.07, 6.45) is -1.01. The molecule has 3 saturated heterocycles. The number of benzene rings is 1. The first-order valence-corrected chi connectivity index (χ1v) is 7.72. The SMILES string of the molecule is CC1(C)O[C@H]2O[C@@H]3[C@@H](CO)O/C(=C/c4ccccc4)[C@]3(O)[C@H]2O1. The average Bonchev–Trinajstić information content (AvgIpc) is 3.06. The number of hydrogen-bond donors (Lipinski definition) is 2. The molecule has 6 heteroatoms. The van der Waals surface area contributed by atoms with Crippen LogP contribution in [0.2, 0.25) is 0 Å². The fourth-order valence-electron chi connectivity index (χ4n) is 3.49. The van der Waals surface area contributed by atoms with Crippen LogP contribution >= 0.6 is 0 Å². The molecule has 0 spiro atoms. The summed E-state index contributed by atoms with van der Waals surface area (Å²) in [6.45, 7) is 3.28. The summed E-state index contributed by atoms with van der Waals surface area (Å²) in [4.78, 5) is 0. The van der Waals surface area contributed by atoms with Crippen LogP contribution in [0.1, 0.15) is 19.4 Å². The monoisotopic (exact) mass is 320 g/mol. The van der Waals surface area contributed by atoms with Gasteiger partial charge in [-0.2, -0.15) is 0 Å². The zero-order chi connectivity index (χ0) is 16.2. The Morgan fingerprint density at radius 1 is 1.13 bits per heavy atom. The van der Waals surface area contributed by atoms with E-state index >= 15 is 0 Å². The van der Waals surface area contributed by atoms with Crippen LogP contribution in [0.15, 0.2) is 36.1 Å². The summed E-state index contributed by atoms with van der Waals surface area (Å²) in [7, 11) is 0. The van der Waals surface area contributed by atoms with Crippen molar-refractivity contribution >= 4 is 6.08 Å². The number of rotatable bonds is 2. The van der Waals surface area contributed by atoms with Gasteiger partial charge in [-0.15, -0.1) is 0 Å². The maximum absolute atomic E-state index is 11.3. The van der Waals surface area contributed by atoms with Crippen molar-refractivity contribution in [2.45, 2.75) is 49.8 Å². The van der Waals surface area contributed by atoms with Crippen LogP contribution in [0.3, 0.4) is 0 Å². The molecule has 1 aromatic rings. The van der Waals surface area contributed by atoms with E-state index in [0.29, 0.717) is 5.76 Å². The molecule has 4 rings (SSSR count). The minimum atomic E-state index is -1.48. The van der Waals surface area contributed by atoms with Crippen LogP contribution < -0.4 is 0 Å². The van der Waals surface area contributed by atoms with Gasteiger partial charge in [-0.25, -0.2) is 0 Å². The summed E-state index contributed by atoms with van der Waals surface area (Å²) in [5.41, 5.74) is -0.600. The Morgan fingerprint density at radius 3 is 2.57 bits per heavy atom. The summed E-state index contributed by atoms with van der Waals surface area (Å²) in [6, 6.07) is 9.53. The first-order valence-electron chi connectivity index (χ1n) is 7.72. The summed E-state index contributed by atoms with van der Waals surface area (Å²) in [5.74, 6) is -0.507. The van der Waals surface area contributed by atoms with E-state index in [4.69, 9.17) is 18.9 Å². The molecular weight excluding hydrogens is 300 g/mol. The van der Waals surface area contributed by atoms with Crippen molar-refractivity contribution < 1.29 is 29.2 Å². The zero-order valence-electron chi connectivity index (χ0n) is 13.0.